The van der Waals surface area contributed by atoms with Crippen molar-refractivity contribution in [1.29, 1.82) is 0 Å². The summed E-state index contributed by atoms with van der Waals surface area (Å²) in [4.78, 5) is 0.195. The average Bonchev–Trinajstić information content (AvgIpc) is 2.39. The molecule has 0 aromatic heterocycles. The minimum absolute atomic E-state index is 0.195. The van der Waals surface area contributed by atoms with Gasteiger partial charge in [0.05, 0.1) is 17.2 Å². The number of sulfonamides is 1. The fourth-order valence-corrected chi connectivity index (χ4v) is 3.04. The fourth-order valence-electron chi connectivity index (χ4n) is 1.58. The molecule has 0 spiro atoms. The molecule has 0 bridgehead atoms. The molecule has 0 saturated heterocycles. The molecule has 2 N–H and O–H groups in total. The monoisotopic (exact) mass is 389 g/mol. The van der Waals surface area contributed by atoms with Crippen molar-refractivity contribution in [2.45, 2.75) is 11.5 Å². The lowest BCUT2D eigenvalue weighted by atomic mass is 10.2. The summed E-state index contributed by atoms with van der Waals surface area (Å²) in [6.07, 6.45) is 0. The number of aliphatic hydroxyl groups is 1. The number of rotatable bonds is 4. The Labute approximate surface area is 125 Å². The lowest BCUT2D eigenvalue weighted by Crippen LogP contribution is -2.14. The van der Waals surface area contributed by atoms with Crippen LogP contribution >= 0.6 is 22.6 Å². The van der Waals surface area contributed by atoms with Crippen LogP contribution in [-0.2, 0) is 16.6 Å². The first kappa shape index (κ1) is 14.3. The van der Waals surface area contributed by atoms with Gasteiger partial charge >= 0.3 is 0 Å². The predicted molar refractivity (Wildman–Crippen MR) is 82.3 cm³/mol. The van der Waals surface area contributed by atoms with Crippen LogP contribution in [0.25, 0.3) is 0 Å². The van der Waals surface area contributed by atoms with Crippen LogP contribution in [0.1, 0.15) is 5.56 Å². The van der Waals surface area contributed by atoms with E-state index >= 15 is 0 Å². The number of hydrogen-bond acceptors (Lipinski definition) is 3. The standard InChI is InChI=1S/C13H12INO3S/c14-11-5-7-12(8-6-11)19(17,18)15-13-4-2-1-3-10(13)9-16/h1-8,15-16H,9H2. The molecule has 0 aliphatic heterocycles. The molecule has 0 radical (unpaired) electrons. The third kappa shape index (κ3) is 3.46. The Bertz CT molecular complexity index is 669. The molecule has 0 saturated carbocycles. The van der Waals surface area contributed by atoms with E-state index in [9.17, 15) is 13.5 Å². The third-order valence-corrected chi connectivity index (χ3v) is 4.66. The van der Waals surface area contributed by atoms with Gasteiger partial charge in [0.1, 0.15) is 0 Å². The highest BCUT2D eigenvalue weighted by atomic mass is 127. The van der Waals surface area contributed by atoms with Crippen molar-refractivity contribution in [1.82, 2.24) is 0 Å². The Balaban J connectivity index is 2.34. The van der Waals surface area contributed by atoms with Crippen LogP contribution in [0.4, 0.5) is 5.69 Å². The van der Waals surface area contributed by atoms with Gasteiger partial charge in [0.25, 0.3) is 10.0 Å². The van der Waals surface area contributed by atoms with Gasteiger partial charge in [0.2, 0.25) is 0 Å². The summed E-state index contributed by atoms with van der Waals surface area (Å²) in [5, 5.41) is 9.19. The van der Waals surface area contributed by atoms with E-state index in [4.69, 9.17) is 0 Å². The zero-order valence-corrected chi connectivity index (χ0v) is 12.8. The fraction of sp³-hybridized carbons (Fsp3) is 0.0769. The quantitative estimate of drug-likeness (QED) is 0.791. The number of anilines is 1. The molecule has 0 aliphatic rings. The summed E-state index contributed by atoms with van der Waals surface area (Å²) in [5.74, 6) is 0. The Morgan fingerprint density at radius 1 is 1.05 bits per heavy atom. The molecule has 6 heteroatoms. The van der Waals surface area contributed by atoms with Crippen molar-refractivity contribution < 1.29 is 13.5 Å². The maximum absolute atomic E-state index is 12.2. The predicted octanol–water partition coefficient (Wildman–Crippen LogP) is 2.58. The maximum Gasteiger partial charge on any atom is 0.261 e. The van der Waals surface area contributed by atoms with Crippen LogP contribution < -0.4 is 4.72 Å². The van der Waals surface area contributed by atoms with Gasteiger partial charge in [-0.25, -0.2) is 8.42 Å². The lowest BCUT2D eigenvalue weighted by molar-refractivity contribution is 0.282. The molecule has 2 rings (SSSR count). The van der Waals surface area contributed by atoms with Crippen LogP contribution in [0, 0.1) is 3.57 Å². The molecule has 0 heterocycles. The number of aliphatic hydroxyl groups excluding tert-OH is 1. The van der Waals surface area contributed by atoms with E-state index in [1.807, 2.05) is 0 Å². The van der Waals surface area contributed by atoms with Gasteiger partial charge in [-0.1, -0.05) is 18.2 Å². The zero-order valence-electron chi connectivity index (χ0n) is 9.88. The molecule has 0 atom stereocenters. The van der Waals surface area contributed by atoms with Gasteiger partial charge in [-0.3, -0.25) is 4.72 Å². The first-order chi connectivity index (χ1) is 9.03. The van der Waals surface area contributed by atoms with E-state index < -0.39 is 10.0 Å². The van der Waals surface area contributed by atoms with Crippen molar-refractivity contribution in [3.8, 4) is 0 Å². The first-order valence-electron chi connectivity index (χ1n) is 5.50. The lowest BCUT2D eigenvalue weighted by Gasteiger charge is -2.11. The number of para-hydroxylation sites is 1. The summed E-state index contributed by atoms with van der Waals surface area (Å²) in [6, 6.07) is 13.3. The van der Waals surface area contributed by atoms with E-state index in [1.165, 1.54) is 0 Å². The second kappa shape index (κ2) is 5.89. The van der Waals surface area contributed by atoms with Crippen molar-refractivity contribution >= 4 is 38.3 Å². The topological polar surface area (TPSA) is 66.4 Å². The molecule has 0 amide bonds. The van der Waals surface area contributed by atoms with Gasteiger partial charge < -0.3 is 5.11 Å². The SMILES string of the molecule is O=S(=O)(Nc1ccccc1CO)c1ccc(I)cc1. The minimum atomic E-state index is -3.63. The van der Waals surface area contributed by atoms with Crippen LogP contribution in [0.3, 0.4) is 0 Å². The van der Waals surface area contributed by atoms with E-state index in [2.05, 4.69) is 27.3 Å². The molecule has 2 aromatic rings. The Morgan fingerprint density at radius 3 is 2.32 bits per heavy atom. The molecule has 0 aliphatic carbocycles. The normalized spacial score (nSPS) is 11.3. The summed E-state index contributed by atoms with van der Waals surface area (Å²) < 4.78 is 27.8. The average molecular weight is 389 g/mol. The number of benzene rings is 2. The van der Waals surface area contributed by atoms with Gasteiger partial charge in [0.15, 0.2) is 0 Å². The van der Waals surface area contributed by atoms with Crippen LogP contribution in [0.15, 0.2) is 53.4 Å². The molecule has 4 nitrogen and oxygen atoms in total. The van der Waals surface area contributed by atoms with E-state index in [-0.39, 0.29) is 11.5 Å². The second-order valence-corrected chi connectivity index (χ2v) is 6.80. The zero-order chi connectivity index (χ0) is 13.9. The highest BCUT2D eigenvalue weighted by Crippen LogP contribution is 2.20. The van der Waals surface area contributed by atoms with Crippen LogP contribution in [0.5, 0.6) is 0 Å². The minimum Gasteiger partial charge on any atom is -0.392 e. The highest BCUT2D eigenvalue weighted by Gasteiger charge is 2.15. The van der Waals surface area contributed by atoms with Crippen molar-refractivity contribution in [2.24, 2.45) is 0 Å². The molecule has 2 aromatic carbocycles. The Kier molecular flexibility index (Phi) is 4.43. The molecule has 0 unspecified atom stereocenters. The van der Waals surface area contributed by atoms with Crippen molar-refractivity contribution in [2.75, 3.05) is 4.72 Å². The van der Waals surface area contributed by atoms with Crippen molar-refractivity contribution in [3.05, 3.63) is 57.7 Å². The number of hydrogen-bond donors (Lipinski definition) is 2. The highest BCUT2D eigenvalue weighted by molar-refractivity contribution is 14.1. The summed E-state index contributed by atoms with van der Waals surface area (Å²) in [7, 11) is -3.63. The molecule has 100 valence electrons. The van der Waals surface area contributed by atoms with Gasteiger partial charge in [0, 0.05) is 9.13 Å². The summed E-state index contributed by atoms with van der Waals surface area (Å²) >= 11 is 2.11. The summed E-state index contributed by atoms with van der Waals surface area (Å²) in [6.45, 7) is -0.217. The Morgan fingerprint density at radius 2 is 1.68 bits per heavy atom. The maximum atomic E-state index is 12.2. The number of halogens is 1. The molecular formula is C13H12INO3S. The molecule has 0 fully saturated rings. The molecular weight excluding hydrogens is 377 g/mol. The van der Waals surface area contributed by atoms with Crippen LogP contribution in [0.2, 0.25) is 0 Å². The van der Waals surface area contributed by atoms with E-state index in [0.29, 0.717) is 11.3 Å². The Hall–Kier alpha value is -1.12. The second-order valence-electron chi connectivity index (χ2n) is 3.87. The molecule has 19 heavy (non-hydrogen) atoms. The van der Waals surface area contributed by atoms with Crippen LogP contribution in [-0.4, -0.2) is 13.5 Å². The number of nitrogens with one attached hydrogen (secondary N) is 1. The largest absolute Gasteiger partial charge is 0.392 e. The third-order valence-electron chi connectivity index (χ3n) is 2.56. The summed E-state index contributed by atoms with van der Waals surface area (Å²) in [5.41, 5.74) is 0.931. The van der Waals surface area contributed by atoms with Crippen molar-refractivity contribution in [3.63, 3.8) is 0 Å². The first-order valence-corrected chi connectivity index (χ1v) is 8.06. The van der Waals surface area contributed by atoms with E-state index in [0.717, 1.165) is 3.57 Å². The van der Waals surface area contributed by atoms with Gasteiger partial charge in [-0.2, -0.15) is 0 Å². The van der Waals surface area contributed by atoms with E-state index in [1.54, 1.807) is 48.5 Å². The smallest absolute Gasteiger partial charge is 0.261 e. The van der Waals surface area contributed by atoms with Gasteiger partial charge in [-0.15, -0.1) is 0 Å². The van der Waals surface area contributed by atoms with Gasteiger partial charge in [-0.05, 0) is 52.9 Å².